The minimum absolute atomic E-state index is 0.0518. The molecule has 38 heavy (non-hydrogen) atoms. The van der Waals surface area contributed by atoms with E-state index in [0.717, 1.165) is 29.9 Å². The highest BCUT2D eigenvalue weighted by molar-refractivity contribution is 5.94. The minimum atomic E-state index is -0.328. The molecule has 2 amide bonds. The summed E-state index contributed by atoms with van der Waals surface area (Å²) >= 11 is 0. The normalized spacial score (nSPS) is 13.8. The summed E-state index contributed by atoms with van der Waals surface area (Å²) in [4.78, 5) is 34.5. The number of piperidine rings is 1. The fraction of sp³-hybridized carbons (Fsp3) is 0.233. The third-order valence-electron chi connectivity index (χ3n) is 6.76. The second-order valence-corrected chi connectivity index (χ2v) is 9.30. The summed E-state index contributed by atoms with van der Waals surface area (Å²) in [6.45, 7) is 1.62. The average Bonchev–Trinajstić information content (AvgIpc) is 3.50. The van der Waals surface area contributed by atoms with Gasteiger partial charge >= 0.3 is 0 Å². The van der Waals surface area contributed by atoms with Crippen LogP contribution in [0.5, 0.6) is 5.75 Å². The van der Waals surface area contributed by atoms with Crippen LogP contribution in [0.4, 0.5) is 10.1 Å². The van der Waals surface area contributed by atoms with Gasteiger partial charge in [-0.3, -0.25) is 9.59 Å². The van der Waals surface area contributed by atoms with Crippen molar-refractivity contribution in [2.75, 3.05) is 25.0 Å². The molecule has 7 nitrogen and oxygen atoms in total. The first-order valence-corrected chi connectivity index (χ1v) is 12.7. The zero-order valence-corrected chi connectivity index (χ0v) is 20.9. The highest BCUT2D eigenvalue weighted by Gasteiger charge is 2.24. The third-order valence-corrected chi connectivity index (χ3v) is 6.76. The maximum Gasteiger partial charge on any atom is 0.253 e. The number of carbonyl (C=O) groups excluding carboxylic acids is 2. The van der Waals surface area contributed by atoms with E-state index < -0.39 is 0 Å². The highest BCUT2D eigenvalue weighted by atomic mass is 19.1. The van der Waals surface area contributed by atoms with Crippen LogP contribution in [0.2, 0.25) is 0 Å². The Bertz CT molecular complexity index is 1350. The van der Waals surface area contributed by atoms with Crippen molar-refractivity contribution in [1.82, 2.24) is 14.9 Å². The van der Waals surface area contributed by atoms with Crippen LogP contribution in [0.25, 0.3) is 11.4 Å². The lowest BCUT2D eigenvalue weighted by atomic mass is 9.89. The number of likely N-dealkylation sites (tertiary alicyclic amines) is 1. The number of hydrogen-bond donors (Lipinski definition) is 2. The number of rotatable bonds is 8. The number of H-pyrrole nitrogens is 1. The lowest BCUT2D eigenvalue weighted by Gasteiger charge is -2.32. The molecule has 194 valence electrons. The van der Waals surface area contributed by atoms with Gasteiger partial charge in [-0.25, -0.2) is 9.37 Å². The largest absolute Gasteiger partial charge is 0.493 e. The molecule has 1 fully saturated rings. The van der Waals surface area contributed by atoms with Crippen LogP contribution in [0.15, 0.2) is 85.2 Å². The molecule has 1 aliphatic rings. The Labute approximate surface area is 220 Å². The van der Waals surface area contributed by atoms with Crippen LogP contribution in [0, 0.1) is 5.82 Å². The molecule has 4 aromatic rings. The standard InChI is InChI=1S/C30H29FN4O3/c31-25-7-11-27(12-8-25)38-20-15-28(36)34-26-9-5-21(6-10-26)22-13-18-35(19-14-22)30(37)24-3-1-23(2-4-24)29-32-16-17-33-29/h1-12,16-17,22H,13-15,18-20H2,(H,32,33)(H,34,36). The number of carbonyl (C=O) groups is 2. The molecule has 0 spiro atoms. The van der Waals surface area contributed by atoms with Gasteiger partial charge < -0.3 is 19.9 Å². The first-order chi connectivity index (χ1) is 18.5. The van der Waals surface area contributed by atoms with Gasteiger partial charge in [0.25, 0.3) is 5.91 Å². The van der Waals surface area contributed by atoms with Crippen molar-refractivity contribution < 1.29 is 18.7 Å². The molecule has 0 aliphatic carbocycles. The van der Waals surface area contributed by atoms with Crippen molar-refractivity contribution in [3.63, 3.8) is 0 Å². The summed E-state index contributed by atoms with van der Waals surface area (Å²) in [6, 6.07) is 21.1. The molecule has 1 aliphatic heterocycles. The van der Waals surface area contributed by atoms with Crippen LogP contribution in [-0.4, -0.2) is 46.4 Å². The molecule has 0 saturated carbocycles. The van der Waals surface area contributed by atoms with Gasteiger partial charge in [-0.15, -0.1) is 0 Å². The number of halogens is 1. The minimum Gasteiger partial charge on any atom is -0.493 e. The summed E-state index contributed by atoms with van der Waals surface area (Å²) in [5.74, 6) is 1.25. The second kappa shape index (κ2) is 11.7. The highest BCUT2D eigenvalue weighted by Crippen LogP contribution is 2.30. The van der Waals surface area contributed by atoms with E-state index in [1.165, 1.54) is 29.8 Å². The predicted octanol–water partition coefficient (Wildman–Crippen LogP) is 5.64. The van der Waals surface area contributed by atoms with Crippen LogP contribution in [-0.2, 0) is 4.79 Å². The molecule has 8 heteroatoms. The van der Waals surface area contributed by atoms with E-state index >= 15 is 0 Å². The Hall–Kier alpha value is -4.46. The number of anilines is 1. The van der Waals surface area contributed by atoms with Gasteiger partial charge in [0.1, 0.15) is 17.4 Å². The Kier molecular flexibility index (Phi) is 7.78. The van der Waals surface area contributed by atoms with Crippen LogP contribution < -0.4 is 10.1 Å². The lowest BCUT2D eigenvalue weighted by Crippen LogP contribution is -2.37. The fourth-order valence-corrected chi connectivity index (χ4v) is 4.65. The number of ether oxygens (including phenoxy) is 1. The first kappa shape index (κ1) is 25.2. The Morgan fingerprint density at radius 2 is 1.68 bits per heavy atom. The number of aromatic amines is 1. The van der Waals surface area contributed by atoms with E-state index in [2.05, 4.69) is 15.3 Å². The van der Waals surface area contributed by atoms with Gasteiger partial charge in [0, 0.05) is 42.3 Å². The van der Waals surface area contributed by atoms with Crippen LogP contribution in [0.1, 0.15) is 41.1 Å². The quantitative estimate of drug-likeness (QED) is 0.320. The zero-order valence-electron chi connectivity index (χ0n) is 20.9. The molecule has 5 rings (SSSR count). The van der Waals surface area contributed by atoms with Gasteiger partial charge in [-0.2, -0.15) is 0 Å². The lowest BCUT2D eigenvalue weighted by molar-refractivity contribution is -0.116. The topological polar surface area (TPSA) is 87.3 Å². The van der Waals surface area contributed by atoms with Crippen LogP contribution >= 0.6 is 0 Å². The molecular formula is C30H29FN4O3. The molecule has 1 saturated heterocycles. The SMILES string of the molecule is O=C(CCOc1ccc(F)cc1)Nc1ccc(C2CCN(C(=O)c3ccc(-c4ncc[nH]4)cc3)CC2)cc1. The molecule has 2 N–H and O–H groups in total. The number of nitrogens with zero attached hydrogens (tertiary/aromatic N) is 2. The monoisotopic (exact) mass is 512 g/mol. The third kappa shape index (κ3) is 6.26. The molecule has 0 unspecified atom stereocenters. The van der Waals surface area contributed by atoms with Crippen molar-refractivity contribution in [2.45, 2.75) is 25.2 Å². The molecular weight excluding hydrogens is 483 g/mol. The van der Waals surface area contributed by atoms with E-state index in [9.17, 15) is 14.0 Å². The number of amides is 2. The van der Waals surface area contributed by atoms with Crippen molar-refractivity contribution in [3.8, 4) is 17.1 Å². The molecule has 0 bridgehead atoms. The zero-order chi connectivity index (χ0) is 26.3. The van der Waals surface area contributed by atoms with Gasteiger partial charge in [-0.05, 0) is 72.9 Å². The summed E-state index contributed by atoms with van der Waals surface area (Å²) in [5, 5.41) is 2.88. The molecule has 2 heterocycles. The van der Waals surface area contributed by atoms with E-state index in [0.29, 0.717) is 30.3 Å². The summed E-state index contributed by atoms with van der Waals surface area (Å²) in [7, 11) is 0. The summed E-state index contributed by atoms with van der Waals surface area (Å²) < 4.78 is 18.4. The van der Waals surface area contributed by atoms with Crippen molar-refractivity contribution in [2.24, 2.45) is 0 Å². The Balaban J connectivity index is 1.07. The van der Waals surface area contributed by atoms with E-state index in [1.807, 2.05) is 53.4 Å². The molecule has 3 aromatic carbocycles. The Morgan fingerprint density at radius 1 is 0.974 bits per heavy atom. The number of aromatic nitrogens is 2. The fourth-order valence-electron chi connectivity index (χ4n) is 4.65. The van der Waals surface area contributed by atoms with Crippen LogP contribution in [0.3, 0.4) is 0 Å². The number of imidazole rings is 1. The van der Waals surface area contributed by atoms with Crippen molar-refractivity contribution in [3.05, 3.63) is 102 Å². The number of nitrogens with one attached hydrogen (secondary N) is 2. The number of hydrogen-bond acceptors (Lipinski definition) is 4. The van der Waals surface area contributed by atoms with E-state index in [-0.39, 0.29) is 30.7 Å². The van der Waals surface area contributed by atoms with Crippen molar-refractivity contribution >= 4 is 17.5 Å². The summed E-state index contributed by atoms with van der Waals surface area (Å²) in [5.41, 5.74) is 3.56. The maximum absolute atomic E-state index is 13.0. The van der Waals surface area contributed by atoms with Gasteiger partial charge in [0.2, 0.25) is 5.91 Å². The maximum atomic E-state index is 13.0. The van der Waals surface area contributed by atoms with Gasteiger partial charge in [0.15, 0.2) is 0 Å². The predicted molar refractivity (Wildman–Crippen MR) is 143 cm³/mol. The second-order valence-electron chi connectivity index (χ2n) is 9.30. The van der Waals surface area contributed by atoms with E-state index in [1.54, 1.807) is 12.4 Å². The first-order valence-electron chi connectivity index (χ1n) is 12.7. The van der Waals surface area contributed by atoms with Gasteiger partial charge in [-0.1, -0.05) is 24.3 Å². The van der Waals surface area contributed by atoms with Crippen molar-refractivity contribution in [1.29, 1.82) is 0 Å². The Morgan fingerprint density at radius 3 is 2.34 bits per heavy atom. The van der Waals surface area contributed by atoms with Gasteiger partial charge in [0.05, 0.1) is 13.0 Å². The summed E-state index contributed by atoms with van der Waals surface area (Å²) in [6.07, 6.45) is 5.46. The molecule has 0 radical (unpaired) electrons. The molecule has 1 aromatic heterocycles. The molecule has 0 atom stereocenters. The number of benzene rings is 3. The average molecular weight is 513 g/mol. The smallest absolute Gasteiger partial charge is 0.253 e. The van der Waals surface area contributed by atoms with E-state index in [4.69, 9.17) is 4.74 Å².